The fourth-order valence-electron chi connectivity index (χ4n) is 3.09. The van der Waals surface area contributed by atoms with Crippen LogP contribution in [0, 0.1) is 6.92 Å². The predicted molar refractivity (Wildman–Crippen MR) is 79.2 cm³/mol. The first-order valence-electron chi connectivity index (χ1n) is 7.68. The number of carbonyl (C=O) groups is 1. The zero-order valence-corrected chi connectivity index (χ0v) is 12.9. The molecule has 0 radical (unpaired) electrons. The van der Waals surface area contributed by atoms with Gasteiger partial charge >= 0.3 is 5.97 Å². The van der Waals surface area contributed by atoms with Crippen molar-refractivity contribution >= 4 is 5.97 Å². The Balaban J connectivity index is 2.07. The fourth-order valence-corrected chi connectivity index (χ4v) is 3.09. The number of ether oxygens (including phenoxy) is 1. The number of esters is 1. The molecule has 1 aromatic heterocycles. The van der Waals surface area contributed by atoms with Crippen LogP contribution in [0.2, 0.25) is 0 Å². The molecule has 5 nitrogen and oxygen atoms in total. The lowest BCUT2D eigenvalue weighted by Gasteiger charge is -2.33. The average Bonchev–Trinajstić information content (AvgIpc) is 2.87. The van der Waals surface area contributed by atoms with Crippen molar-refractivity contribution in [2.75, 3.05) is 20.3 Å². The molecule has 1 N–H and O–H groups in total. The molecule has 118 valence electrons. The molecule has 1 saturated carbocycles. The molecule has 5 heteroatoms. The van der Waals surface area contributed by atoms with E-state index in [9.17, 15) is 9.90 Å². The molecule has 0 saturated heterocycles. The van der Waals surface area contributed by atoms with Gasteiger partial charge in [0.2, 0.25) is 5.76 Å². The molecule has 1 aliphatic rings. The zero-order valence-electron chi connectivity index (χ0n) is 12.9. The van der Waals surface area contributed by atoms with Gasteiger partial charge in [-0.05, 0) is 25.8 Å². The molecule has 0 atom stereocenters. The molecule has 0 aliphatic heterocycles. The molecule has 21 heavy (non-hydrogen) atoms. The Bertz CT molecular complexity index is 463. The third kappa shape index (κ3) is 4.08. The average molecular weight is 295 g/mol. The summed E-state index contributed by atoms with van der Waals surface area (Å²) >= 11 is 0. The number of carbonyl (C=O) groups excluding carboxylic acids is 1. The highest BCUT2D eigenvalue weighted by Crippen LogP contribution is 2.25. The summed E-state index contributed by atoms with van der Waals surface area (Å²) in [7, 11) is 1.35. The van der Waals surface area contributed by atoms with Gasteiger partial charge in [-0.1, -0.05) is 19.3 Å². The first kappa shape index (κ1) is 16.0. The van der Waals surface area contributed by atoms with E-state index < -0.39 is 5.97 Å². The lowest BCUT2D eigenvalue weighted by molar-refractivity contribution is 0.0556. The Morgan fingerprint density at radius 1 is 1.43 bits per heavy atom. The van der Waals surface area contributed by atoms with Crippen LogP contribution in [-0.2, 0) is 11.3 Å². The number of aliphatic hydroxyl groups is 1. The molecule has 1 aromatic rings. The van der Waals surface area contributed by atoms with Crippen LogP contribution in [0.1, 0.15) is 54.0 Å². The summed E-state index contributed by atoms with van der Waals surface area (Å²) < 4.78 is 10.3. The summed E-state index contributed by atoms with van der Waals surface area (Å²) in [5, 5.41) is 9.29. The second-order valence-electron chi connectivity index (χ2n) is 5.70. The molecule has 1 fully saturated rings. The minimum atomic E-state index is -0.440. The molecule has 2 rings (SSSR count). The van der Waals surface area contributed by atoms with Gasteiger partial charge < -0.3 is 14.3 Å². The van der Waals surface area contributed by atoms with Crippen LogP contribution in [0.25, 0.3) is 0 Å². The standard InChI is InChI=1S/C16H25NO4/c1-12-10-14(21-15(12)16(19)20-2)11-17(8-9-18)13-6-4-3-5-7-13/h10,13,18H,3-9,11H2,1-2H3. The largest absolute Gasteiger partial charge is 0.463 e. The Kier molecular flexibility index (Phi) is 5.82. The van der Waals surface area contributed by atoms with Gasteiger partial charge in [-0.3, -0.25) is 4.90 Å². The van der Waals surface area contributed by atoms with E-state index in [1.807, 2.05) is 13.0 Å². The minimum Gasteiger partial charge on any atom is -0.463 e. The maximum atomic E-state index is 11.6. The SMILES string of the molecule is COC(=O)c1oc(CN(CCO)C2CCCCC2)cc1C. The van der Waals surface area contributed by atoms with Crippen LogP contribution in [0.5, 0.6) is 0 Å². The Labute approximate surface area is 125 Å². The van der Waals surface area contributed by atoms with Crippen molar-refractivity contribution in [3.05, 3.63) is 23.2 Å². The van der Waals surface area contributed by atoms with Gasteiger partial charge in [-0.2, -0.15) is 0 Å². The van der Waals surface area contributed by atoms with Crippen molar-refractivity contribution in [1.82, 2.24) is 4.90 Å². The van der Waals surface area contributed by atoms with Crippen molar-refractivity contribution in [2.45, 2.75) is 51.6 Å². The maximum Gasteiger partial charge on any atom is 0.374 e. The predicted octanol–water partition coefficient (Wildman–Crippen LogP) is 2.50. The van der Waals surface area contributed by atoms with Crippen LogP contribution < -0.4 is 0 Å². The van der Waals surface area contributed by atoms with Gasteiger partial charge in [0, 0.05) is 18.2 Å². The molecule has 0 amide bonds. The van der Waals surface area contributed by atoms with E-state index >= 15 is 0 Å². The van der Waals surface area contributed by atoms with Crippen molar-refractivity contribution < 1.29 is 19.1 Å². The van der Waals surface area contributed by atoms with Gasteiger partial charge in [0.15, 0.2) is 0 Å². The van der Waals surface area contributed by atoms with Crippen LogP contribution in [-0.4, -0.2) is 42.3 Å². The van der Waals surface area contributed by atoms with E-state index in [0.717, 1.165) is 11.3 Å². The Hall–Kier alpha value is -1.33. The Morgan fingerprint density at radius 2 is 2.14 bits per heavy atom. The summed E-state index contributed by atoms with van der Waals surface area (Å²) in [6.45, 7) is 3.25. The number of methoxy groups -OCH3 is 1. The quantitative estimate of drug-likeness (QED) is 0.817. The zero-order chi connectivity index (χ0) is 15.2. The Morgan fingerprint density at radius 3 is 2.76 bits per heavy atom. The second-order valence-corrected chi connectivity index (χ2v) is 5.70. The summed E-state index contributed by atoms with van der Waals surface area (Å²) in [5.74, 6) is 0.595. The normalized spacial score (nSPS) is 16.4. The third-order valence-electron chi connectivity index (χ3n) is 4.18. The first-order chi connectivity index (χ1) is 10.2. The van der Waals surface area contributed by atoms with E-state index in [1.54, 1.807) is 0 Å². The maximum absolute atomic E-state index is 11.6. The minimum absolute atomic E-state index is 0.139. The van der Waals surface area contributed by atoms with E-state index in [2.05, 4.69) is 4.90 Å². The number of rotatable bonds is 6. The van der Waals surface area contributed by atoms with Gasteiger partial charge in [0.25, 0.3) is 0 Å². The fraction of sp³-hybridized carbons (Fsp3) is 0.688. The summed E-state index contributed by atoms with van der Waals surface area (Å²) in [6, 6.07) is 2.39. The highest BCUT2D eigenvalue weighted by atomic mass is 16.5. The van der Waals surface area contributed by atoms with Crippen LogP contribution in [0.15, 0.2) is 10.5 Å². The third-order valence-corrected chi connectivity index (χ3v) is 4.18. The number of aliphatic hydroxyl groups excluding tert-OH is 1. The highest BCUT2D eigenvalue weighted by Gasteiger charge is 2.23. The monoisotopic (exact) mass is 295 g/mol. The molecule has 0 aromatic carbocycles. The van der Waals surface area contributed by atoms with Crippen molar-refractivity contribution in [1.29, 1.82) is 0 Å². The van der Waals surface area contributed by atoms with E-state index in [0.29, 0.717) is 19.1 Å². The van der Waals surface area contributed by atoms with Crippen LogP contribution >= 0.6 is 0 Å². The van der Waals surface area contributed by atoms with Gasteiger partial charge in [-0.15, -0.1) is 0 Å². The van der Waals surface area contributed by atoms with Crippen molar-refractivity contribution in [2.24, 2.45) is 0 Å². The molecule has 0 spiro atoms. The van der Waals surface area contributed by atoms with Crippen molar-refractivity contribution in [3.63, 3.8) is 0 Å². The van der Waals surface area contributed by atoms with E-state index in [-0.39, 0.29) is 12.4 Å². The molecule has 0 bridgehead atoms. The molecule has 0 unspecified atom stereocenters. The summed E-state index contributed by atoms with van der Waals surface area (Å²) in [5.41, 5.74) is 0.796. The topological polar surface area (TPSA) is 62.9 Å². The first-order valence-corrected chi connectivity index (χ1v) is 7.68. The lowest BCUT2D eigenvalue weighted by Crippen LogP contribution is -2.38. The lowest BCUT2D eigenvalue weighted by atomic mass is 9.94. The van der Waals surface area contributed by atoms with E-state index in [1.165, 1.54) is 39.2 Å². The molecule has 1 aliphatic carbocycles. The van der Waals surface area contributed by atoms with E-state index in [4.69, 9.17) is 9.15 Å². The molecular weight excluding hydrogens is 270 g/mol. The summed E-state index contributed by atoms with van der Waals surface area (Å²) in [6.07, 6.45) is 6.14. The van der Waals surface area contributed by atoms with Gasteiger partial charge in [0.05, 0.1) is 20.3 Å². The van der Waals surface area contributed by atoms with Gasteiger partial charge in [0.1, 0.15) is 5.76 Å². The van der Waals surface area contributed by atoms with Crippen molar-refractivity contribution in [3.8, 4) is 0 Å². The number of aryl methyl sites for hydroxylation is 1. The molecule has 1 heterocycles. The number of hydrogen-bond acceptors (Lipinski definition) is 5. The highest BCUT2D eigenvalue weighted by molar-refractivity contribution is 5.87. The summed E-state index contributed by atoms with van der Waals surface area (Å²) in [4.78, 5) is 13.9. The second kappa shape index (κ2) is 7.61. The smallest absolute Gasteiger partial charge is 0.374 e. The number of nitrogens with zero attached hydrogens (tertiary/aromatic N) is 1. The number of hydrogen-bond donors (Lipinski definition) is 1. The van der Waals surface area contributed by atoms with Crippen LogP contribution in [0.4, 0.5) is 0 Å². The van der Waals surface area contributed by atoms with Crippen LogP contribution in [0.3, 0.4) is 0 Å². The molecular formula is C16H25NO4. The number of furan rings is 1. The van der Waals surface area contributed by atoms with Gasteiger partial charge in [-0.25, -0.2) is 4.79 Å².